The van der Waals surface area contributed by atoms with E-state index in [2.05, 4.69) is 16.8 Å². The quantitative estimate of drug-likeness (QED) is 0.564. The molecule has 1 unspecified atom stereocenters. The van der Waals surface area contributed by atoms with E-state index in [4.69, 9.17) is 5.73 Å². The largest absolute Gasteiger partial charge is 0.370 e. The van der Waals surface area contributed by atoms with Gasteiger partial charge >= 0.3 is 0 Å². The predicted molar refractivity (Wildman–Crippen MR) is 87.0 cm³/mol. The van der Waals surface area contributed by atoms with Crippen LogP contribution in [0.15, 0.2) is 4.99 Å². The molecular weight excluding hydrogens is 246 g/mol. The number of rotatable bonds is 7. The highest BCUT2D eigenvalue weighted by Crippen LogP contribution is 2.27. The molecule has 0 saturated heterocycles. The first-order valence-electron chi connectivity index (χ1n) is 8.91. The standard InChI is InChI=1S/C17H33N3/c1-2-3-4-5-10-13-16-14-19-17(18)20(16)15-11-8-6-7-9-12-15/h15-16H,2-14H2,1H3,(H2,18,19). The minimum Gasteiger partial charge on any atom is -0.370 e. The van der Waals surface area contributed by atoms with Crippen LogP contribution >= 0.6 is 0 Å². The van der Waals surface area contributed by atoms with Gasteiger partial charge in [0.05, 0.1) is 12.6 Å². The van der Waals surface area contributed by atoms with E-state index in [0.29, 0.717) is 12.1 Å². The molecule has 2 aliphatic rings. The van der Waals surface area contributed by atoms with E-state index in [1.54, 1.807) is 0 Å². The zero-order valence-electron chi connectivity index (χ0n) is 13.3. The third-order valence-corrected chi connectivity index (χ3v) is 4.98. The van der Waals surface area contributed by atoms with Gasteiger partial charge in [0.1, 0.15) is 0 Å². The number of aliphatic imine (C=N–C) groups is 1. The van der Waals surface area contributed by atoms with Crippen molar-refractivity contribution < 1.29 is 0 Å². The molecule has 0 spiro atoms. The molecule has 1 heterocycles. The molecule has 0 bridgehead atoms. The highest BCUT2D eigenvalue weighted by Gasteiger charge is 2.31. The summed E-state index contributed by atoms with van der Waals surface area (Å²) >= 11 is 0. The number of nitrogens with zero attached hydrogens (tertiary/aromatic N) is 2. The molecule has 1 saturated carbocycles. The van der Waals surface area contributed by atoms with Crippen LogP contribution in [0.4, 0.5) is 0 Å². The van der Waals surface area contributed by atoms with E-state index in [0.717, 1.165) is 12.5 Å². The SMILES string of the molecule is CCCCCCCC1CN=C(N)N1C1CCCCCC1. The second-order valence-corrected chi connectivity index (χ2v) is 6.61. The number of nitrogens with two attached hydrogens (primary N) is 1. The van der Waals surface area contributed by atoms with Crippen molar-refractivity contribution in [2.75, 3.05) is 6.54 Å². The molecule has 0 amide bonds. The van der Waals surface area contributed by atoms with E-state index in [-0.39, 0.29) is 0 Å². The summed E-state index contributed by atoms with van der Waals surface area (Å²) in [5.74, 6) is 0.829. The maximum atomic E-state index is 6.18. The molecule has 3 nitrogen and oxygen atoms in total. The Morgan fingerprint density at radius 1 is 1.05 bits per heavy atom. The number of hydrogen-bond acceptors (Lipinski definition) is 3. The van der Waals surface area contributed by atoms with Gasteiger partial charge in [0, 0.05) is 6.04 Å². The van der Waals surface area contributed by atoms with Crippen molar-refractivity contribution in [3.05, 3.63) is 0 Å². The molecule has 1 fully saturated rings. The molecule has 0 radical (unpaired) electrons. The fourth-order valence-electron chi connectivity index (χ4n) is 3.79. The van der Waals surface area contributed by atoms with Crippen LogP contribution in [0.5, 0.6) is 0 Å². The summed E-state index contributed by atoms with van der Waals surface area (Å²) < 4.78 is 0. The number of guanidine groups is 1. The highest BCUT2D eigenvalue weighted by molar-refractivity contribution is 5.80. The van der Waals surface area contributed by atoms with E-state index in [1.165, 1.54) is 77.0 Å². The fraction of sp³-hybridized carbons (Fsp3) is 0.941. The van der Waals surface area contributed by atoms with E-state index < -0.39 is 0 Å². The lowest BCUT2D eigenvalue weighted by atomic mass is 10.0. The zero-order chi connectivity index (χ0) is 14.2. The van der Waals surface area contributed by atoms with Crippen LogP contribution in [0.2, 0.25) is 0 Å². The minimum atomic E-state index is 0.597. The first-order valence-corrected chi connectivity index (χ1v) is 8.91. The Bertz CT molecular complexity index is 293. The van der Waals surface area contributed by atoms with Crippen molar-refractivity contribution in [1.29, 1.82) is 0 Å². The Morgan fingerprint density at radius 2 is 1.75 bits per heavy atom. The predicted octanol–water partition coefficient (Wildman–Crippen LogP) is 4.07. The summed E-state index contributed by atoms with van der Waals surface area (Å²) in [7, 11) is 0. The van der Waals surface area contributed by atoms with Gasteiger partial charge in [0.15, 0.2) is 5.96 Å². The molecule has 20 heavy (non-hydrogen) atoms. The average molecular weight is 279 g/mol. The third kappa shape index (κ3) is 4.39. The molecule has 3 heteroatoms. The zero-order valence-corrected chi connectivity index (χ0v) is 13.3. The van der Waals surface area contributed by atoms with Crippen molar-refractivity contribution in [3.8, 4) is 0 Å². The van der Waals surface area contributed by atoms with Gasteiger partial charge in [-0.2, -0.15) is 0 Å². The lowest BCUT2D eigenvalue weighted by Crippen LogP contribution is -2.47. The van der Waals surface area contributed by atoms with E-state index >= 15 is 0 Å². The molecule has 2 rings (SSSR count). The van der Waals surface area contributed by atoms with E-state index in [1.807, 2.05) is 0 Å². The Labute approximate surface area is 125 Å². The Hall–Kier alpha value is -0.730. The molecule has 2 N–H and O–H groups in total. The van der Waals surface area contributed by atoms with Crippen LogP contribution in [0.25, 0.3) is 0 Å². The summed E-state index contributed by atoms with van der Waals surface area (Å²) in [6.07, 6.45) is 16.3. The second kappa shape index (κ2) is 8.53. The van der Waals surface area contributed by atoms with Gasteiger partial charge in [-0.15, -0.1) is 0 Å². The van der Waals surface area contributed by atoms with Crippen LogP contribution < -0.4 is 5.73 Å². The first kappa shape index (κ1) is 15.7. The number of unbranched alkanes of at least 4 members (excludes halogenated alkanes) is 4. The molecule has 0 aromatic heterocycles. The maximum absolute atomic E-state index is 6.18. The summed E-state index contributed by atoms with van der Waals surface area (Å²) in [6, 6.07) is 1.27. The van der Waals surface area contributed by atoms with Crippen molar-refractivity contribution in [2.24, 2.45) is 10.7 Å². The Balaban J connectivity index is 1.79. The fourth-order valence-corrected chi connectivity index (χ4v) is 3.79. The van der Waals surface area contributed by atoms with Gasteiger partial charge in [0.25, 0.3) is 0 Å². The smallest absolute Gasteiger partial charge is 0.191 e. The normalized spacial score (nSPS) is 24.8. The van der Waals surface area contributed by atoms with Gasteiger partial charge in [-0.1, -0.05) is 64.7 Å². The molecular formula is C17H33N3. The number of hydrogen-bond donors (Lipinski definition) is 1. The molecule has 1 aliphatic heterocycles. The maximum Gasteiger partial charge on any atom is 0.191 e. The van der Waals surface area contributed by atoms with Gasteiger partial charge in [-0.05, 0) is 19.3 Å². The first-order chi connectivity index (χ1) is 9.83. The van der Waals surface area contributed by atoms with Crippen molar-refractivity contribution in [3.63, 3.8) is 0 Å². The van der Waals surface area contributed by atoms with Crippen LogP contribution in [0, 0.1) is 0 Å². The van der Waals surface area contributed by atoms with Crippen LogP contribution in [-0.4, -0.2) is 29.5 Å². The molecule has 0 aromatic carbocycles. The summed E-state index contributed by atoms with van der Waals surface area (Å²) in [5, 5.41) is 0. The third-order valence-electron chi connectivity index (χ3n) is 4.98. The van der Waals surface area contributed by atoms with Crippen LogP contribution in [0.3, 0.4) is 0 Å². The van der Waals surface area contributed by atoms with Gasteiger partial charge in [0.2, 0.25) is 0 Å². The lowest BCUT2D eigenvalue weighted by molar-refractivity contribution is 0.223. The molecule has 0 aromatic rings. The van der Waals surface area contributed by atoms with Crippen molar-refractivity contribution in [1.82, 2.24) is 4.90 Å². The summed E-state index contributed by atoms with van der Waals surface area (Å²) in [5.41, 5.74) is 6.18. The van der Waals surface area contributed by atoms with Gasteiger partial charge in [-0.3, -0.25) is 4.99 Å². The van der Waals surface area contributed by atoms with E-state index in [9.17, 15) is 0 Å². The van der Waals surface area contributed by atoms with Crippen LogP contribution in [-0.2, 0) is 0 Å². The topological polar surface area (TPSA) is 41.6 Å². The van der Waals surface area contributed by atoms with Crippen molar-refractivity contribution in [2.45, 2.75) is 96.1 Å². The van der Waals surface area contributed by atoms with Crippen LogP contribution in [0.1, 0.15) is 84.0 Å². The average Bonchev–Trinajstić information content (AvgIpc) is 2.67. The molecule has 116 valence electrons. The monoisotopic (exact) mass is 279 g/mol. The molecule has 1 atom stereocenters. The van der Waals surface area contributed by atoms with Gasteiger partial charge < -0.3 is 10.6 Å². The Morgan fingerprint density at radius 3 is 2.45 bits per heavy atom. The highest BCUT2D eigenvalue weighted by atomic mass is 15.3. The lowest BCUT2D eigenvalue weighted by Gasteiger charge is -2.34. The van der Waals surface area contributed by atoms with Crippen molar-refractivity contribution >= 4 is 5.96 Å². The summed E-state index contributed by atoms with van der Waals surface area (Å²) in [4.78, 5) is 7.03. The molecule has 1 aliphatic carbocycles. The minimum absolute atomic E-state index is 0.597. The second-order valence-electron chi connectivity index (χ2n) is 6.61. The van der Waals surface area contributed by atoms with Gasteiger partial charge in [-0.25, -0.2) is 0 Å². The summed E-state index contributed by atoms with van der Waals surface area (Å²) in [6.45, 7) is 3.22. The Kier molecular flexibility index (Phi) is 6.68.